The van der Waals surface area contributed by atoms with E-state index in [9.17, 15) is 4.79 Å². The van der Waals surface area contributed by atoms with E-state index >= 15 is 0 Å². The SMILES string of the molecule is Cc1oc(-c2ccco2)nc1CC(=O)N1CC2CCC(N)C2C1. The second-order valence-corrected chi connectivity index (χ2v) is 6.64. The van der Waals surface area contributed by atoms with Gasteiger partial charge in [-0.05, 0) is 43.7 Å². The normalized spacial score (nSPS) is 26.7. The van der Waals surface area contributed by atoms with Crippen LogP contribution in [-0.4, -0.2) is 34.9 Å². The lowest BCUT2D eigenvalue weighted by atomic mass is 9.98. The van der Waals surface area contributed by atoms with E-state index in [4.69, 9.17) is 14.6 Å². The van der Waals surface area contributed by atoms with E-state index in [1.165, 1.54) is 0 Å². The molecule has 0 spiro atoms. The standard InChI is InChI=1S/C17H21N3O3/c1-10-14(19-17(23-10)15-3-2-6-22-15)7-16(21)20-8-11-4-5-13(18)12(11)9-20/h2-3,6,11-13H,4-5,7-9,18H2,1H3. The second-order valence-electron chi connectivity index (χ2n) is 6.64. The van der Waals surface area contributed by atoms with Gasteiger partial charge in [0.2, 0.25) is 5.91 Å². The van der Waals surface area contributed by atoms with Crippen molar-refractivity contribution in [2.24, 2.45) is 17.6 Å². The van der Waals surface area contributed by atoms with Gasteiger partial charge in [-0.3, -0.25) is 4.79 Å². The van der Waals surface area contributed by atoms with Crippen molar-refractivity contribution in [2.45, 2.75) is 32.2 Å². The predicted octanol–water partition coefficient (Wildman–Crippen LogP) is 1.98. The van der Waals surface area contributed by atoms with Crippen molar-refractivity contribution in [1.29, 1.82) is 0 Å². The van der Waals surface area contributed by atoms with Gasteiger partial charge in [0.15, 0.2) is 5.76 Å². The zero-order chi connectivity index (χ0) is 16.0. The van der Waals surface area contributed by atoms with Crippen molar-refractivity contribution in [2.75, 3.05) is 13.1 Å². The molecular weight excluding hydrogens is 294 g/mol. The van der Waals surface area contributed by atoms with Gasteiger partial charge < -0.3 is 19.5 Å². The Hall–Kier alpha value is -2.08. The Morgan fingerprint density at radius 2 is 2.30 bits per heavy atom. The zero-order valence-electron chi connectivity index (χ0n) is 13.2. The van der Waals surface area contributed by atoms with Crippen molar-refractivity contribution in [3.8, 4) is 11.7 Å². The number of aromatic nitrogens is 1. The van der Waals surface area contributed by atoms with Gasteiger partial charge in [-0.15, -0.1) is 0 Å². The van der Waals surface area contributed by atoms with E-state index in [1.807, 2.05) is 11.8 Å². The van der Waals surface area contributed by atoms with E-state index < -0.39 is 0 Å². The van der Waals surface area contributed by atoms with Crippen molar-refractivity contribution in [3.05, 3.63) is 29.9 Å². The Kier molecular flexibility index (Phi) is 3.49. The Morgan fingerprint density at radius 1 is 1.43 bits per heavy atom. The highest BCUT2D eigenvalue weighted by molar-refractivity contribution is 5.79. The molecule has 0 aromatic carbocycles. The van der Waals surface area contributed by atoms with Crippen LogP contribution in [0.3, 0.4) is 0 Å². The minimum atomic E-state index is 0.106. The first-order valence-corrected chi connectivity index (χ1v) is 8.15. The lowest BCUT2D eigenvalue weighted by molar-refractivity contribution is -0.129. The lowest BCUT2D eigenvalue weighted by Crippen LogP contribution is -2.34. The van der Waals surface area contributed by atoms with Crippen LogP contribution in [0.2, 0.25) is 0 Å². The summed E-state index contributed by atoms with van der Waals surface area (Å²) in [6.07, 6.45) is 4.07. The average Bonchev–Trinajstić information content (AvgIpc) is 3.27. The summed E-state index contributed by atoms with van der Waals surface area (Å²) in [4.78, 5) is 18.9. The molecule has 122 valence electrons. The number of likely N-dealkylation sites (tertiary alicyclic amines) is 1. The van der Waals surface area contributed by atoms with Gasteiger partial charge in [0.1, 0.15) is 5.76 Å². The number of carbonyl (C=O) groups is 1. The number of amides is 1. The molecule has 2 aromatic heterocycles. The summed E-state index contributed by atoms with van der Waals surface area (Å²) in [7, 11) is 0. The minimum Gasteiger partial charge on any atom is -0.459 e. The van der Waals surface area contributed by atoms with Gasteiger partial charge in [-0.1, -0.05) is 0 Å². The molecule has 23 heavy (non-hydrogen) atoms. The molecule has 1 aliphatic carbocycles. The molecule has 2 aliphatic rings. The summed E-state index contributed by atoms with van der Waals surface area (Å²) >= 11 is 0. The first kappa shape index (κ1) is 14.5. The molecule has 3 unspecified atom stereocenters. The van der Waals surface area contributed by atoms with Crippen LogP contribution in [0.5, 0.6) is 0 Å². The molecule has 1 saturated carbocycles. The van der Waals surface area contributed by atoms with E-state index in [1.54, 1.807) is 18.4 Å². The predicted molar refractivity (Wildman–Crippen MR) is 83.4 cm³/mol. The fraction of sp³-hybridized carbons (Fsp3) is 0.529. The fourth-order valence-corrected chi connectivity index (χ4v) is 3.86. The maximum atomic E-state index is 12.6. The zero-order valence-corrected chi connectivity index (χ0v) is 13.2. The van der Waals surface area contributed by atoms with Gasteiger partial charge in [0, 0.05) is 19.1 Å². The highest BCUT2D eigenvalue weighted by Gasteiger charge is 2.42. The quantitative estimate of drug-likeness (QED) is 0.936. The third-order valence-corrected chi connectivity index (χ3v) is 5.21. The van der Waals surface area contributed by atoms with E-state index in [-0.39, 0.29) is 18.4 Å². The summed E-state index contributed by atoms with van der Waals surface area (Å²) in [5.41, 5.74) is 6.82. The number of hydrogen-bond acceptors (Lipinski definition) is 5. The van der Waals surface area contributed by atoms with Gasteiger partial charge in [-0.2, -0.15) is 0 Å². The van der Waals surface area contributed by atoms with Gasteiger partial charge in [-0.25, -0.2) is 4.98 Å². The number of nitrogens with two attached hydrogens (primary N) is 1. The molecule has 2 N–H and O–H groups in total. The summed E-state index contributed by atoms with van der Waals surface area (Å²) in [6, 6.07) is 3.82. The van der Waals surface area contributed by atoms with Crippen LogP contribution >= 0.6 is 0 Å². The highest BCUT2D eigenvalue weighted by Crippen LogP contribution is 2.37. The molecule has 2 aromatic rings. The monoisotopic (exact) mass is 315 g/mol. The Bertz CT molecular complexity index is 707. The van der Waals surface area contributed by atoms with Crippen LogP contribution in [0.25, 0.3) is 11.7 Å². The molecule has 0 radical (unpaired) electrons. The maximum absolute atomic E-state index is 12.6. The molecule has 1 aliphatic heterocycles. The first-order chi connectivity index (χ1) is 11.1. The average molecular weight is 315 g/mol. The summed E-state index contributed by atoms with van der Waals surface area (Å²) in [5.74, 6) is 2.82. The second kappa shape index (κ2) is 5.53. The van der Waals surface area contributed by atoms with Crippen molar-refractivity contribution in [1.82, 2.24) is 9.88 Å². The molecule has 6 nitrogen and oxygen atoms in total. The number of hydrogen-bond donors (Lipinski definition) is 1. The van der Waals surface area contributed by atoms with Crippen LogP contribution in [0, 0.1) is 18.8 Å². The Balaban J connectivity index is 1.45. The van der Waals surface area contributed by atoms with E-state index in [2.05, 4.69) is 4.98 Å². The number of carbonyl (C=O) groups excluding carboxylic acids is 1. The molecule has 6 heteroatoms. The third kappa shape index (κ3) is 2.57. The van der Waals surface area contributed by atoms with Gasteiger partial charge in [0.25, 0.3) is 5.89 Å². The van der Waals surface area contributed by atoms with Crippen LogP contribution in [0.15, 0.2) is 27.2 Å². The fourth-order valence-electron chi connectivity index (χ4n) is 3.86. The summed E-state index contributed by atoms with van der Waals surface area (Å²) < 4.78 is 10.9. The molecule has 3 atom stereocenters. The molecule has 2 fully saturated rings. The van der Waals surface area contributed by atoms with Gasteiger partial charge >= 0.3 is 0 Å². The van der Waals surface area contributed by atoms with E-state index in [0.717, 1.165) is 25.9 Å². The van der Waals surface area contributed by atoms with Crippen molar-refractivity contribution < 1.29 is 13.6 Å². The van der Waals surface area contributed by atoms with Gasteiger partial charge in [0.05, 0.1) is 18.4 Å². The number of furan rings is 1. The maximum Gasteiger partial charge on any atom is 0.263 e. The molecule has 1 saturated heterocycles. The van der Waals surface area contributed by atoms with Crippen LogP contribution in [0.1, 0.15) is 24.3 Å². The lowest BCUT2D eigenvalue weighted by Gasteiger charge is -2.18. The Morgan fingerprint density at radius 3 is 3.04 bits per heavy atom. The summed E-state index contributed by atoms with van der Waals surface area (Å²) in [5, 5.41) is 0. The number of rotatable bonds is 3. The van der Waals surface area contributed by atoms with Crippen LogP contribution in [0.4, 0.5) is 0 Å². The van der Waals surface area contributed by atoms with E-state index in [0.29, 0.717) is 34.9 Å². The highest BCUT2D eigenvalue weighted by atomic mass is 16.4. The first-order valence-electron chi connectivity index (χ1n) is 8.15. The third-order valence-electron chi connectivity index (χ3n) is 5.21. The molecule has 3 heterocycles. The van der Waals surface area contributed by atoms with Crippen LogP contribution in [-0.2, 0) is 11.2 Å². The van der Waals surface area contributed by atoms with Crippen molar-refractivity contribution >= 4 is 5.91 Å². The topological polar surface area (TPSA) is 85.5 Å². The Labute approximate surface area is 134 Å². The van der Waals surface area contributed by atoms with Crippen LogP contribution < -0.4 is 5.73 Å². The minimum absolute atomic E-state index is 0.106. The molecule has 4 rings (SSSR count). The molecular formula is C17H21N3O3. The summed E-state index contributed by atoms with van der Waals surface area (Å²) in [6.45, 7) is 3.45. The molecule has 1 amide bonds. The smallest absolute Gasteiger partial charge is 0.263 e. The number of fused-ring (bicyclic) bond motifs is 1. The number of nitrogens with zero attached hydrogens (tertiary/aromatic N) is 2. The largest absolute Gasteiger partial charge is 0.459 e. The number of aryl methyl sites for hydroxylation is 1. The number of oxazole rings is 1. The molecule has 0 bridgehead atoms. The van der Waals surface area contributed by atoms with Crippen molar-refractivity contribution in [3.63, 3.8) is 0 Å².